The van der Waals surface area contributed by atoms with Crippen LogP contribution in [0.2, 0.25) is 0 Å². The molecule has 0 amide bonds. The molecule has 0 aromatic rings. The molecule has 0 atom stereocenters. The van der Waals surface area contributed by atoms with Crippen LogP contribution in [0.15, 0.2) is 24.3 Å². The lowest BCUT2D eigenvalue weighted by Gasteiger charge is -1.98. The van der Waals surface area contributed by atoms with Gasteiger partial charge in [-0.1, -0.05) is 63.3 Å². The van der Waals surface area contributed by atoms with E-state index >= 15 is 0 Å². The maximum Gasteiger partial charge on any atom is 0.303 e. The molecule has 0 heterocycles. The number of hydrogen-bond donors (Lipinski definition) is 19. The van der Waals surface area contributed by atoms with E-state index in [1.54, 1.807) is 0 Å². The number of aliphatic carboxylic acids is 1. The summed E-state index contributed by atoms with van der Waals surface area (Å²) in [5, 5.41) is 153. The third kappa shape index (κ3) is 89.1. The van der Waals surface area contributed by atoms with Gasteiger partial charge in [-0.3, -0.25) is 4.79 Å². The number of carboxylic acids is 1. The molecule has 0 aromatic heterocycles. The van der Waals surface area contributed by atoms with Crippen molar-refractivity contribution in [1.82, 2.24) is 0 Å². The smallest absolute Gasteiger partial charge is 0.303 e. The third-order valence-corrected chi connectivity index (χ3v) is 5.87. The Hall–Kier alpha value is -1.77. The second-order valence-corrected chi connectivity index (χ2v) is 11.5. The fourth-order valence-corrected chi connectivity index (χ4v) is 2.43. The Morgan fingerprint density at radius 2 is 0.607 bits per heavy atom. The molecule has 0 saturated carbocycles. The van der Waals surface area contributed by atoms with Crippen molar-refractivity contribution in [2.45, 2.75) is 121 Å². The highest BCUT2D eigenvalue weighted by molar-refractivity contribution is 5.66. The van der Waals surface area contributed by atoms with Gasteiger partial charge in [0, 0.05) is 6.42 Å². The van der Waals surface area contributed by atoms with Crippen molar-refractivity contribution in [3.8, 4) is 0 Å². The van der Waals surface area contributed by atoms with Crippen LogP contribution in [-0.2, 0) is 4.79 Å². The summed E-state index contributed by atoms with van der Waals surface area (Å²) in [4.78, 5) is 10.3. The normalized spacial score (nSPS) is 10.6. The van der Waals surface area contributed by atoms with Crippen molar-refractivity contribution >= 4 is 5.97 Å². The Kier molecular flexibility index (Phi) is 80.1. The molecule has 0 aliphatic rings. The maximum atomic E-state index is 10.3. The summed E-state index contributed by atoms with van der Waals surface area (Å²) >= 11 is 0. The number of carboxylic acid groups (broad SMARTS) is 1. The molecule has 344 valence electrons. The van der Waals surface area contributed by atoms with Gasteiger partial charge in [-0.15, -0.1) is 0 Å². The number of hydrogen-bond acceptors (Lipinski definition) is 19. The quantitative estimate of drug-likeness (QED) is 0.0291. The summed E-state index contributed by atoms with van der Waals surface area (Å²) in [5.74, 6) is -0.671. The summed E-state index contributed by atoms with van der Waals surface area (Å²) in [6.07, 6.45) is 16.6. The van der Waals surface area contributed by atoms with Crippen molar-refractivity contribution in [2.75, 3.05) is 79.3 Å². The molecule has 0 unspecified atom stereocenters. The number of aliphatic hydroxyl groups is 18. The fourth-order valence-electron chi connectivity index (χ4n) is 2.43. The first-order chi connectivity index (χ1) is 26.6. The van der Waals surface area contributed by atoms with Crippen LogP contribution in [0.1, 0.15) is 84.0 Å². The molecule has 20 nitrogen and oxygen atoms in total. The van der Waals surface area contributed by atoms with Crippen molar-refractivity contribution < 1.29 is 102 Å². The molecule has 0 aromatic carbocycles. The Morgan fingerprint density at radius 3 is 0.821 bits per heavy atom. The van der Waals surface area contributed by atoms with Gasteiger partial charge in [0.05, 0.1) is 79.3 Å². The summed E-state index contributed by atoms with van der Waals surface area (Å²) in [5.41, 5.74) is 0. The summed E-state index contributed by atoms with van der Waals surface area (Å²) in [7, 11) is 0. The molecule has 0 radical (unpaired) electrons. The van der Waals surface area contributed by atoms with Gasteiger partial charge in [-0.25, -0.2) is 0 Å². The van der Waals surface area contributed by atoms with E-state index in [0.717, 1.165) is 25.7 Å². The van der Waals surface area contributed by atoms with Gasteiger partial charge in [0.25, 0.3) is 0 Å². The van der Waals surface area contributed by atoms with Crippen LogP contribution in [0.5, 0.6) is 0 Å². The minimum Gasteiger partial charge on any atom is -0.481 e. The van der Waals surface area contributed by atoms with Gasteiger partial charge >= 0.3 is 5.97 Å². The topological polar surface area (TPSA) is 401 Å². The van der Waals surface area contributed by atoms with Gasteiger partial charge in [0.15, 0.2) is 0 Å². The lowest BCUT2D eigenvalue weighted by Crippen LogP contribution is -2.15. The highest BCUT2D eigenvalue weighted by Gasteiger charge is 1.97. The van der Waals surface area contributed by atoms with E-state index in [1.165, 1.54) is 44.9 Å². The summed E-state index contributed by atoms with van der Waals surface area (Å²) in [6, 6.07) is 0. The van der Waals surface area contributed by atoms with E-state index in [0.29, 0.717) is 6.42 Å². The largest absolute Gasteiger partial charge is 0.481 e. The van der Waals surface area contributed by atoms with Gasteiger partial charge in [0.2, 0.25) is 0 Å². The predicted octanol–water partition coefficient (Wildman–Crippen LogP) is -4.12. The minimum atomic E-state index is -0.954. The van der Waals surface area contributed by atoms with Gasteiger partial charge in [0.1, 0.15) is 36.6 Å². The predicted molar refractivity (Wildman–Crippen MR) is 208 cm³/mol. The number of rotatable bonds is 26. The Morgan fingerprint density at radius 1 is 0.375 bits per heavy atom. The molecule has 0 aliphatic carbocycles. The van der Waals surface area contributed by atoms with Gasteiger partial charge in [-0.2, -0.15) is 0 Å². The number of aliphatic hydroxyl groups excluding tert-OH is 18. The maximum absolute atomic E-state index is 10.3. The number of allylic oxidation sites excluding steroid dienone is 4. The molecular formula is C36H80O20. The van der Waals surface area contributed by atoms with Crippen molar-refractivity contribution in [3.05, 3.63) is 24.3 Å². The lowest BCUT2D eigenvalue weighted by atomic mass is 10.1. The molecule has 19 N–H and O–H groups in total. The average molecular weight is 833 g/mol. The molecule has 0 saturated heterocycles. The van der Waals surface area contributed by atoms with Crippen LogP contribution in [0.3, 0.4) is 0 Å². The Balaban J connectivity index is -0.000000111. The molecule has 0 fully saturated rings. The highest BCUT2D eigenvalue weighted by Crippen LogP contribution is 2.08. The Bertz CT molecular complexity index is 619. The van der Waals surface area contributed by atoms with Crippen LogP contribution < -0.4 is 0 Å². The second kappa shape index (κ2) is 65.1. The zero-order valence-electron chi connectivity index (χ0n) is 33.1. The van der Waals surface area contributed by atoms with E-state index in [-0.39, 0.29) is 79.3 Å². The number of carbonyl (C=O) groups is 1. The summed E-state index contributed by atoms with van der Waals surface area (Å²) < 4.78 is 0. The monoisotopic (exact) mass is 833 g/mol. The van der Waals surface area contributed by atoms with Gasteiger partial charge < -0.3 is 97.0 Å². The first-order valence-corrected chi connectivity index (χ1v) is 18.5. The first kappa shape index (κ1) is 68.9. The van der Waals surface area contributed by atoms with E-state index in [1.807, 2.05) is 0 Å². The average Bonchev–Trinajstić information content (AvgIpc) is 3.24. The first-order valence-electron chi connectivity index (χ1n) is 18.5. The van der Waals surface area contributed by atoms with Crippen LogP contribution in [-0.4, -0.2) is 219 Å². The standard InChI is InChI=1S/C18H32O2.6C3H8O3/c1-2-3-4-5-6-7-8-9-10-11-12-13-14-15-16-17-18(19)20;6*4-1-3(6)2-5/h6-7,9-10H,2-5,8,11-17H2,1H3,(H,19,20);6*3-6H,1-2H2/b7-6-,10-9-;;;;;;. The lowest BCUT2D eigenvalue weighted by molar-refractivity contribution is -0.137. The molecule has 20 heteroatoms. The van der Waals surface area contributed by atoms with Crippen LogP contribution in [0.4, 0.5) is 0 Å². The fraction of sp³-hybridized carbons (Fsp3) is 0.861. The molecule has 0 spiro atoms. The second-order valence-electron chi connectivity index (χ2n) is 11.5. The number of unbranched alkanes of at least 4 members (excludes halogenated alkanes) is 8. The Labute approximate surface area is 331 Å². The van der Waals surface area contributed by atoms with E-state index in [9.17, 15) is 4.79 Å². The van der Waals surface area contributed by atoms with Gasteiger partial charge in [-0.05, 0) is 38.5 Å². The zero-order chi connectivity index (χ0) is 44.8. The van der Waals surface area contributed by atoms with Crippen LogP contribution in [0, 0.1) is 0 Å². The molecule has 0 bridgehead atoms. The molecule has 0 rings (SSSR count). The third-order valence-electron chi connectivity index (χ3n) is 5.87. The molecule has 56 heavy (non-hydrogen) atoms. The van der Waals surface area contributed by atoms with Crippen molar-refractivity contribution in [2.24, 2.45) is 0 Å². The van der Waals surface area contributed by atoms with Crippen molar-refractivity contribution in [3.63, 3.8) is 0 Å². The van der Waals surface area contributed by atoms with E-state index in [2.05, 4.69) is 31.2 Å². The molecule has 0 aliphatic heterocycles. The van der Waals surface area contributed by atoms with Crippen LogP contribution >= 0.6 is 0 Å². The zero-order valence-corrected chi connectivity index (χ0v) is 33.1. The SMILES string of the molecule is CCCCC/C=C\C/C=C\CCCCCCCC(=O)O.OCC(O)CO.OCC(O)CO.OCC(O)CO.OCC(O)CO.OCC(O)CO.OCC(O)CO. The van der Waals surface area contributed by atoms with E-state index < -0.39 is 42.6 Å². The summed E-state index contributed by atoms with van der Waals surface area (Å²) in [6.45, 7) is -2.14. The van der Waals surface area contributed by atoms with Crippen LogP contribution in [0.25, 0.3) is 0 Å². The molecular weight excluding hydrogens is 752 g/mol. The minimum absolute atomic E-state index is 0.324. The van der Waals surface area contributed by atoms with E-state index in [4.69, 9.17) is 97.0 Å². The van der Waals surface area contributed by atoms with Crippen molar-refractivity contribution in [1.29, 1.82) is 0 Å². The highest BCUT2D eigenvalue weighted by atomic mass is 16.4.